The molecule has 0 saturated carbocycles. The second-order valence-electron chi connectivity index (χ2n) is 3.88. The zero-order valence-corrected chi connectivity index (χ0v) is 9.87. The molecule has 5 heteroatoms. The van der Waals surface area contributed by atoms with Gasteiger partial charge < -0.3 is 0 Å². The zero-order chi connectivity index (χ0) is 12.3. The number of hydrogen-bond acceptors (Lipinski definition) is 4. The summed E-state index contributed by atoms with van der Waals surface area (Å²) >= 11 is 0. The van der Waals surface area contributed by atoms with E-state index in [1.54, 1.807) is 12.1 Å². The minimum atomic E-state index is -0.407. The van der Waals surface area contributed by atoms with Gasteiger partial charge in [0.25, 0.3) is 5.69 Å². The van der Waals surface area contributed by atoms with Gasteiger partial charge in [-0.3, -0.25) is 15.5 Å². The molecule has 0 amide bonds. The number of nitrogens with one attached hydrogen (secondary N) is 1. The van der Waals surface area contributed by atoms with Gasteiger partial charge in [0.15, 0.2) is 0 Å². The summed E-state index contributed by atoms with van der Waals surface area (Å²) in [5.74, 6) is 0. The van der Waals surface area contributed by atoms with Crippen LogP contribution in [0.5, 0.6) is 0 Å². The molecule has 1 aromatic carbocycles. The van der Waals surface area contributed by atoms with Crippen LogP contribution in [0, 0.1) is 24.0 Å². The SMILES string of the molecule is CC(C)=NNc1cc(C)c(C)cc1[N+](=O)[O-]. The Morgan fingerprint density at radius 2 is 1.88 bits per heavy atom. The number of nitro groups is 1. The third kappa shape index (κ3) is 2.79. The van der Waals surface area contributed by atoms with E-state index in [1.807, 2.05) is 27.7 Å². The zero-order valence-electron chi connectivity index (χ0n) is 9.87. The minimum Gasteiger partial charge on any atom is -0.272 e. The number of aryl methyl sites for hydroxylation is 2. The highest BCUT2D eigenvalue weighted by atomic mass is 16.6. The van der Waals surface area contributed by atoms with E-state index in [4.69, 9.17) is 0 Å². The molecule has 0 fully saturated rings. The van der Waals surface area contributed by atoms with E-state index in [9.17, 15) is 10.1 Å². The van der Waals surface area contributed by atoms with Crippen LogP contribution >= 0.6 is 0 Å². The number of hydrogen-bond donors (Lipinski definition) is 1. The van der Waals surface area contributed by atoms with Crippen molar-refractivity contribution in [2.75, 3.05) is 5.43 Å². The molecule has 1 rings (SSSR count). The maximum atomic E-state index is 10.8. The highest BCUT2D eigenvalue weighted by molar-refractivity contribution is 5.80. The molecule has 0 atom stereocenters. The van der Waals surface area contributed by atoms with E-state index in [0.29, 0.717) is 5.69 Å². The first-order valence-electron chi connectivity index (χ1n) is 4.94. The largest absolute Gasteiger partial charge is 0.294 e. The molecule has 0 aliphatic rings. The number of anilines is 1. The van der Waals surface area contributed by atoms with Crippen molar-refractivity contribution in [3.8, 4) is 0 Å². The molecule has 0 unspecified atom stereocenters. The molecule has 0 spiro atoms. The van der Waals surface area contributed by atoms with Crippen LogP contribution in [0.25, 0.3) is 0 Å². The summed E-state index contributed by atoms with van der Waals surface area (Å²) in [7, 11) is 0. The van der Waals surface area contributed by atoms with Crippen molar-refractivity contribution < 1.29 is 4.92 Å². The first kappa shape index (κ1) is 12.2. The molecule has 1 aromatic rings. The molecule has 5 nitrogen and oxygen atoms in total. The highest BCUT2D eigenvalue weighted by Crippen LogP contribution is 2.27. The van der Waals surface area contributed by atoms with Crippen LogP contribution in [0.4, 0.5) is 11.4 Å². The summed E-state index contributed by atoms with van der Waals surface area (Å²) in [6, 6.07) is 3.29. The normalized spacial score (nSPS) is 9.75. The van der Waals surface area contributed by atoms with Crippen molar-refractivity contribution in [2.45, 2.75) is 27.7 Å². The maximum Gasteiger partial charge on any atom is 0.294 e. The first-order chi connectivity index (χ1) is 7.41. The summed E-state index contributed by atoms with van der Waals surface area (Å²) < 4.78 is 0. The first-order valence-corrected chi connectivity index (χ1v) is 4.94. The molecule has 16 heavy (non-hydrogen) atoms. The Morgan fingerprint density at radius 1 is 1.31 bits per heavy atom. The molecule has 1 N–H and O–H groups in total. The van der Waals surface area contributed by atoms with Crippen molar-refractivity contribution in [1.82, 2.24) is 0 Å². The van der Waals surface area contributed by atoms with E-state index in [1.165, 1.54) is 0 Å². The summed E-state index contributed by atoms with van der Waals surface area (Å²) in [6.07, 6.45) is 0. The van der Waals surface area contributed by atoms with Crippen LogP contribution in [-0.4, -0.2) is 10.6 Å². The second-order valence-corrected chi connectivity index (χ2v) is 3.88. The summed E-state index contributed by atoms with van der Waals surface area (Å²) in [6.45, 7) is 7.40. The number of benzene rings is 1. The molecule has 0 aliphatic carbocycles. The molecule has 0 aromatic heterocycles. The van der Waals surface area contributed by atoms with Gasteiger partial charge in [0.1, 0.15) is 5.69 Å². The quantitative estimate of drug-likeness (QED) is 0.484. The lowest BCUT2D eigenvalue weighted by Crippen LogP contribution is -2.00. The van der Waals surface area contributed by atoms with Gasteiger partial charge >= 0.3 is 0 Å². The van der Waals surface area contributed by atoms with Gasteiger partial charge in [-0.2, -0.15) is 5.10 Å². The van der Waals surface area contributed by atoms with Crippen LogP contribution in [0.1, 0.15) is 25.0 Å². The Morgan fingerprint density at radius 3 is 2.38 bits per heavy atom. The Balaban J connectivity index is 3.20. The monoisotopic (exact) mass is 221 g/mol. The topological polar surface area (TPSA) is 67.5 Å². The maximum absolute atomic E-state index is 10.8. The summed E-state index contributed by atoms with van der Waals surface area (Å²) in [5.41, 5.74) is 5.89. The lowest BCUT2D eigenvalue weighted by molar-refractivity contribution is -0.384. The second kappa shape index (κ2) is 4.74. The molecule has 0 aliphatic heterocycles. The number of hydrazone groups is 1. The van der Waals surface area contributed by atoms with E-state index in [2.05, 4.69) is 10.5 Å². The molecule has 0 saturated heterocycles. The minimum absolute atomic E-state index is 0.0492. The average Bonchev–Trinajstić information content (AvgIpc) is 2.18. The van der Waals surface area contributed by atoms with Gasteiger partial charge in [-0.1, -0.05) is 0 Å². The van der Waals surface area contributed by atoms with E-state index in [0.717, 1.165) is 16.8 Å². The molecular weight excluding hydrogens is 206 g/mol. The van der Waals surface area contributed by atoms with Crippen molar-refractivity contribution in [2.24, 2.45) is 5.10 Å². The third-order valence-electron chi connectivity index (χ3n) is 2.21. The molecule has 86 valence electrons. The number of nitrogens with zero attached hydrogens (tertiary/aromatic N) is 2. The van der Waals surface area contributed by atoms with Crippen molar-refractivity contribution in [3.63, 3.8) is 0 Å². The lowest BCUT2D eigenvalue weighted by atomic mass is 10.1. The Bertz CT molecular complexity index is 449. The number of rotatable bonds is 3. The summed E-state index contributed by atoms with van der Waals surface area (Å²) in [4.78, 5) is 10.4. The molecular formula is C11H15N3O2. The Labute approximate surface area is 94.3 Å². The van der Waals surface area contributed by atoms with Crippen LogP contribution in [0.2, 0.25) is 0 Å². The van der Waals surface area contributed by atoms with Crippen molar-refractivity contribution in [3.05, 3.63) is 33.4 Å². The van der Waals surface area contributed by atoms with Crippen LogP contribution in [0.15, 0.2) is 17.2 Å². The predicted octanol–water partition coefficient (Wildman–Crippen LogP) is 3.02. The average molecular weight is 221 g/mol. The van der Waals surface area contributed by atoms with E-state index in [-0.39, 0.29) is 5.69 Å². The molecule has 0 heterocycles. The fourth-order valence-electron chi connectivity index (χ4n) is 1.21. The van der Waals surface area contributed by atoms with Gasteiger partial charge in [0.05, 0.1) is 4.92 Å². The molecule has 0 radical (unpaired) electrons. The van der Waals surface area contributed by atoms with Gasteiger partial charge in [0.2, 0.25) is 0 Å². The van der Waals surface area contributed by atoms with Gasteiger partial charge in [0, 0.05) is 11.8 Å². The third-order valence-corrected chi connectivity index (χ3v) is 2.21. The standard InChI is InChI=1S/C11H15N3O2/c1-7(2)12-13-10-5-8(3)9(4)6-11(10)14(15)16/h5-6,13H,1-4H3. The van der Waals surface area contributed by atoms with Crippen LogP contribution < -0.4 is 5.43 Å². The Kier molecular flexibility index (Phi) is 3.60. The number of nitro benzene ring substituents is 1. The fourth-order valence-corrected chi connectivity index (χ4v) is 1.21. The van der Waals surface area contributed by atoms with Crippen LogP contribution in [0.3, 0.4) is 0 Å². The lowest BCUT2D eigenvalue weighted by Gasteiger charge is -2.06. The Hall–Kier alpha value is -1.91. The smallest absolute Gasteiger partial charge is 0.272 e. The fraction of sp³-hybridized carbons (Fsp3) is 0.364. The van der Waals surface area contributed by atoms with Gasteiger partial charge in [-0.05, 0) is 44.9 Å². The summed E-state index contributed by atoms with van der Waals surface area (Å²) in [5, 5.41) is 14.8. The van der Waals surface area contributed by atoms with Crippen molar-refractivity contribution >= 4 is 17.1 Å². The van der Waals surface area contributed by atoms with Gasteiger partial charge in [-0.15, -0.1) is 0 Å². The van der Waals surface area contributed by atoms with E-state index >= 15 is 0 Å². The van der Waals surface area contributed by atoms with Crippen molar-refractivity contribution in [1.29, 1.82) is 0 Å². The van der Waals surface area contributed by atoms with E-state index < -0.39 is 4.92 Å². The van der Waals surface area contributed by atoms with Crippen LogP contribution in [-0.2, 0) is 0 Å². The van der Waals surface area contributed by atoms with Gasteiger partial charge in [-0.25, -0.2) is 0 Å². The predicted molar refractivity (Wildman–Crippen MR) is 65.0 cm³/mol. The molecule has 0 bridgehead atoms. The highest BCUT2D eigenvalue weighted by Gasteiger charge is 2.14.